The van der Waals surface area contributed by atoms with Crippen molar-refractivity contribution < 1.29 is 23.8 Å². The number of unbranched alkanes of at least 4 members (excludes halogenated alkanes) is 2. The summed E-state index contributed by atoms with van der Waals surface area (Å²) < 4.78 is 15.4. The molecular weight excluding hydrogens is 532 g/mol. The van der Waals surface area contributed by atoms with Crippen LogP contribution >= 0.6 is 11.8 Å². The Bertz CT molecular complexity index is 1210. The third kappa shape index (κ3) is 12.4. The minimum Gasteiger partial charge on any atom is -0.469 e. The van der Waals surface area contributed by atoms with E-state index in [1.54, 1.807) is 0 Å². The highest BCUT2D eigenvalue weighted by molar-refractivity contribution is 7.99. The predicted octanol–water partition coefficient (Wildman–Crippen LogP) is 8.17. The van der Waals surface area contributed by atoms with Gasteiger partial charge in [0, 0.05) is 17.9 Å². The van der Waals surface area contributed by atoms with Gasteiger partial charge in [-0.2, -0.15) is 0 Å². The van der Waals surface area contributed by atoms with Crippen molar-refractivity contribution in [1.82, 2.24) is 0 Å². The average molecular weight is 575 g/mol. The molecule has 0 aliphatic rings. The quantitative estimate of drug-likeness (QED) is 0.0868. The van der Waals surface area contributed by atoms with E-state index in [0.717, 1.165) is 56.4 Å². The van der Waals surface area contributed by atoms with E-state index in [1.807, 2.05) is 54.2 Å². The van der Waals surface area contributed by atoms with E-state index in [9.17, 15) is 9.59 Å². The van der Waals surface area contributed by atoms with Crippen LogP contribution in [0.25, 0.3) is 6.08 Å². The van der Waals surface area contributed by atoms with E-state index >= 15 is 0 Å². The number of thioether (sulfide) groups is 1. The van der Waals surface area contributed by atoms with Gasteiger partial charge in [0.1, 0.15) is 0 Å². The highest BCUT2D eigenvalue weighted by Gasteiger charge is 2.11. The second-order valence-corrected chi connectivity index (χ2v) is 11.1. The monoisotopic (exact) mass is 574 g/mol. The molecule has 0 amide bonds. The molecule has 6 heteroatoms. The zero-order valence-electron chi connectivity index (χ0n) is 24.3. The Balaban J connectivity index is 1.54. The molecule has 41 heavy (non-hydrogen) atoms. The fraction of sp³-hybridized carbons (Fsp3) is 0.371. The lowest BCUT2D eigenvalue weighted by Crippen LogP contribution is -2.05. The van der Waals surface area contributed by atoms with Crippen molar-refractivity contribution in [2.45, 2.75) is 56.4 Å². The summed E-state index contributed by atoms with van der Waals surface area (Å²) >= 11 is 1.89. The number of esters is 2. The maximum Gasteiger partial charge on any atom is 0.337 e. The number of hydrogen-bond donors (Lipinski definition) is 0. The predicted molar refractivity (Wildman–Crippen MR) is 167 cm³/mol. The number of ether oxygens (including phenoxy) is 3. The Morgan fingerprint density at radius 3 is 2.32 bits per heavy atom. The summed E-state index contributed by atoms with van der Waals surface area (Å²) in [5, 5.41) is 0. The lowest BCUT2D eigenvalue weighted by molar-refractivity contribution is -0.140. The molecule has 0 aromatic heterocycles. The summed E-state index contributed by atoms with van der Waals surface area (Å²) in [5.41, 5.74) is 4.15. The molecule has 0 saturated carbocycles. The molecule has 0 saturated heterocycles. The topological polar surface area (TPSA) is 61.8 Å². The maximum atomic E-state index is 11.8. The molecule has 0 aliphatic carbocycles. The molecule has 3 rings (SSSR count). The molecule has 0 fully saturated rings. The Morgan fingerprint density at radius 2 is 1.56 bits per heavy atom. The number of methoxy groups -OCH3 is 2. The summed E-state index contributed by atoms with van der Waals surface area (Å²) in [6.45, 7) is 1.44. The summed E-state index contributed by atoms with van der Waals surface area (Å²) in [6.07, 6.45) is 10.7. The number of allylic oxidation sites excluding steroid dienone is 1. The molecule has 218 valence electrons. The number of carbonyl (C=O) groups excluding carboxylic acids is 2. The summed E-state index contributed by atoms with van der Waals surface area (Å²) in [6, 6.07) is 26.4. The van der Waals surface area contributed by atoms with Crippen molar-refractivity contribution in [3.8, 4) is 0 Å². The smallest absolute Gasteiger partial charge is 0.337 e. The van der Waals surface area contributed by atoms with E-state index in [1.165, 1.54) is 30.2 Å². The summed E-state index contributed by atoms with van der Waals surface area (Å²) in [5.74, 6) is 0.855. The Morgan fingerprint density at radius 1 is 0.805 bits per heavy atom. The molecule has 0 spiro atoms. The fourth-order valence-corrected chi connectivity index (χ4v) is 5.53. The first-order valence-corrected chi connectivity index (χ1v) is 15.3. The van der Waals surface area contributed by atoms with Crippen LogP contribution in [0.15, 0.2) is 89.8 Å². The van der Waals surface area contributed by atoms with Gasteiger partial charge in [0.2, 0.25) is 0 Å². The van der Waals surface area contributed by atoms with Crippen LogP contribution in [0.5, 0.6) is 0 Å². The second kappa shape index (κ2) is 18.9. The molecule has 3 aromatic carbocycles. The van der Waals surface area contributed by atoms with Gasteiger partial charge in [-0.3, -0.25) is 4.79 Å². The van der Waals surface area contributed by atoms with E-state index in [0.29, 0.717) is 24.5 Å². The third-order valence-corrected chi connectivity index (χ3v) is 8.00. The minimum atomic E-state index is -0.329. The van der Waals surface area contributed by atoms with Crippen LogP contribution in [-0.2, 0) is 32.0 Å². The van der Waals surface area contributed by atoms with Crippen molar-refractivity contribution in [1.29, 1.82) is 0 Å². The van der Waals surface area contributed by atoms with E-state index in [-0.39, 0.29) is 11.9 Å². The normalized spacial score (nSPS) is 11.9. The van der Waals surface area contributed by atoms with Gasteiger partial charge in [-0.1, -0.05) is 79.2 Å². The van der Waals surface area contributed by atoms with E-state index < -0.39 is 0 Å². The molecule has 0 bridgehead atoms. The molecule has 0 aliphatic heterocycles. The Kier molecular flexibility index (Phi) is 14.8. The molecule has 0 heterocycles. The van der Waals surface area contributed by atoms with Crippen LogP contribution in [0.4, 0.5) is 0 Å². The number of hydrogen-bond acceptors (Lipinski definition) is 6. The van der Waals surface area contributed by atoms with Gasteiger partial charge in [0.15, 0.2) is 0 Å². The second-order valence-electron chi connectivity index (χ2n) is 9.97. The first-order chi connectivity index (χ1) is 20.1. The third-order valence-electron chi connectivity index (χ3n) is 6.83. The zero-order chi connectivity index (χ0) is 29.1. The standard InChI is InChI=1S/C35H42O5S/c1-38-34(36)17-9-6-12-28(26-29-19-22-32(23-20-29)35(37)39-2)18-21-31-15-7-8-16-33(31)41-25-11-10-24-40-27-30-13-4-3-5-14-30/h3-5,7-8,13-16,18-23,28H,6,9-12,17,24-27H2,1-2H3/b21-18+. The molecule has 0 N–H and O–H groups in total. The van der Waals surface area contributed by atoms with E-state index in [4.69, 9.17) is 14.2 Å². The van der Waals surface area contributed by atoms with Crippen molar-refractivity contribution in [2.75, 3.05) is 26.6 Å². The van der Waals surface area contributed by atoms with Gasteiger partial charge in [-0.15, -0.1) is 11.8 Å². The van der Waals surface area contributed by atoms with Crippen molar-refractivity contribution >= 4 is 29.8 Å². The lowest BCUT2D eigenvalue weighted by atomic mass is 9.92. The van der Waals surface area contributed by atoms with Crippen molar-refractivity contribution in [2.24, 2.45) is 5.92 Å². The van der Waals surface area contributed by atoms with Gasteiger partial charge in [0.25, 0.3) is 0 Å². The SMILES string of the molecule is COC(=O)CCCCC(/C=C/c1ccccc1SCCCCOCc1ccccc1)Cc1ccc(C(=O)OC)cc1. The van der Waals surface area contributed by atoms with Crippen LogP contribution in [0, 0.1) is 5.92 Å². The van der Waals surface area contributed by atoms with Gasteiger partial charge in [-0.05, 0) is 78.7 Å². The lowest BCUT2D eigenvalue weighted by Gasteiger charge is -2.14. The largest absolute Gasteiger partial charge is 0.469 e. The van der Waals surface area contributed by atoms with Crippen LogP contribution < -0.4 is 0 Å². The van der Waals surface area contributed by atoms with Crippen LogP contribution in [0.3, 0.4) is 0 Å². The molecular formula is C35H42O5S. The maximum absolute atomic E-state index is 11.8. The summed E-state index contributed by atoms with van der Waals surface area (Å²) in [4.78, 5) is 24.6. The van der Waals surface area contributed by atoms with Gasteiger partial charge in [0.05, 0.1) is 26.4 Å². The van der Waals surface area contributed by atoms with Crippen LogP contribution in [0.1, 0.15) is 65.6 Å². The fourth-order valence-electron chi connectivity index (χ4n) is 4.48. The van der Waals surface area contributed by atoms with Crippen molar-refractivity contribution in [3.05, 3.63) is 107 Å². The highest BCUT2D eigenvalue weighted by Crippen LogP contribution is 2.27. The Hall–Kier alpha value is -3.35. The van der Waals surface area contributed by atoms with Gasteiger partial charge < -0.3 is 14.2 Å². The van der Waals surface area contributed by atoms with Crippen LogP contribution in [0.2, 0.25) is 0 Å². The molecule has 3 aromatic rings. The first-order valence-electron chi connectivity index (χ1n) is 14.3. The van der Waals surface area contributed by atoms with E-state index in [2.05, 4.69) is 48.6 Å². The summed E-state index contributed by atoms with van der Waals surface area (Å²) in [7, 11) is 2.82. The Labute approximate surface area is 249 Å². The zero-order valence-corrected chi connectivity index (χ0v) is 25.1. The number of carbonyl (C=O) groups is 2. The number of benzene rings is 3. The molecule has 1 atom stereocenters. The average Bonchev–Trinajstić information content (AvgIpc) is 3.02. The molecule has 0 radical (unpaired) electrons. The van der Waals surface area contributed by atoms with Gasteiger partial charge >= 0.3 is 11.9 Å². The first kappa shape index (κ1) is 32.2. The van der Waals surface area contributed by atoms with Crippen LogP contribution in [-0.4, -0.2) is 38.5 Å². The number of rotatable bonds is 18. The molecule has 1 unspecified atom stereocenters. The molecule has 5 nitrogen and oxygen atoms in total. The van der Waals surface area contributed by atoms with Gasteiger partial charge in [-0.25, -0.2) is 4.79 Å². The highest BCUT2D eigenvalue weighted by atomic mass is 32.2. The van der Waals surface area contributed by atoms with Crippen molar-refractivity contribution in [3.63, 3.8) is 0 Å². The minimum absolute atomic E-state index is 0.163.